The first-order valence-electron chi connectivity index (χ1n) is 5.84. The highest BCUT2D eigenvalue weighted by molar-refractivity contribution is 5.56. The molecule has 2 rings (SSSR count). The predicted molar refractivity (Wildman–Crippen MR) is 70.6 cm³/mol. The number of hydrogen-bond acceptors (Lipinski definition) is 4. The minimum atomic E-state index is -4.72. The van der Waals surface area contributed by atoms with E-state index in [0.717, 1.165) is 12.1 Å². The molecular weight excluding hydrogens is 287 g/mol. The zero-order valence-corrected chi connectivity index (χ0v) is 11.0. The van der Waals surface area contributed by atoms with Gasteiger partial charge in [0, 0.05) is 6.07 Å². The lowest BCUT2D eigenvalue weighted by atomic mass is 10.2. The molecule has 0 heterocycles. The number of benzene rings is 2. The topological polar surface area (TPSA) is 53.7 Å². The van der Waals surface area contributed by atoms with Gasteiger partial charge < -0.3 is 19.9 Å². The molecule has 0 bridgehead atoms. The fourth-order valence-corrected chi connectivity index (χ4v) is 1.60. The second kappa shape index (κ2) is 5.82. The van der Waals surface area contributed by atoms with Crippen LogP contribution in [-0.2, 0) is 0 Å². The molecule has 0 aliphatic rings. The largest absolute Gasteiger partial charge is 0.573 e. The quantitative estimate of drug-likeness (QED) is 0.868. The van der Waals surface area contributed by atoms with Crippen molar-refractivity contribution in [2.24, 2.45) is 0 Å². The van der Waals surface area contributed by atoms with Crippen LogP contribution in [0.1, 0.15) is 0 Å². The Morgan fingerprint density at radius 1 is 0.905 bits per heavy atom. The van der Waals surface area contributed by atoms with Crippen LogP contribution in [0.25, 0.3) is 0 Å². The van der Waals surface area contributed by atoms with E-state index in [1.54, 1.807) is 18.2 Å². The standard InChI is InChI=1S/C14H12F3NO3/c1-19-13-8-11(6-7-12(13)18)20-9-2-4-10(5-3-9)21-14(15,16)17/h2-8H,18H2,1H3. The van der Waals surface area contributed by atoms with E-state index < -0.39 is 6.36 Å². The summed E-state index contributed by atoms with van der Waals surface area (Å²) in [6.07, 6.45) is -4.72. The van der Waals surface area contributed by atoms with Crippen LogP contribution in [-0.4, -0.2) is 13.5 Å². The zero-order valence-electron chi connectivity index (χ0n) is 11.0. The molecule has 0 aromatic heterocycles. The van der Waals surface area contributed by atoms with E-state index in [4.69, 9.17) is 15.2 Å². The Morgan fingerprint density at radius 3 is 2.05 bits per heavy atom. The van der Waals surface area contributed by atoms with Crippen LogP contribution in [0.4, 0.5) is 18.9 Å². The summed E-state index contributed by atoms with van der Waals surface area (Å²) in [5, 5.41) is 0. The molecule has 4 nitrogen and oxygen atoms in total. The molecule has 0 saturated carbocycles. The number of hydrogen-bond donors (Lipinski definition) is 1. The normalized spacial score (nSPS) is 11.0. The molecule has 2 N–H and O–H groups in total. The van der Waals surface area contributed by atoms with Crippen molar-refractivity contribution in [3.8, 4) is 23.0 Å². The molecule has 0 aliphatic carbocycles. The summed E-state index contributed by atoms with van der Waals surface area (Å²) in [5.41, 5.74) is 6.13. The molecule has 2 aromatic rings. The van der Waals surface area contributed by atoms with Crippen LogP contribution in [0.2, 0.25) is 0 Å². The predicted octanol–water partition coefficient (Wildman–Crippen LogP) is 3.97. The zero-order chi connectivity index (χ0) is 15.5. The molecule has 0 atom stereocenters. The first kappa shape index (κ1) is 14.8. The van der Waals surface area contributed by atoms with Gasteiger partial charge in [0.2, 0.25) is 0 Å². The molecule has 0 saturated heterocycles. The number of ether oxygens (including phenoxy) is 3. The lowest BCUT2D eigenvalue weighted by Gasteiger charge is -2.11. The molecule has 0 aliphatic heterocycles. The van der Waals surface area contributed by atoms with Gasteiger partial charge in [0.15, 0.2) is 0 Å². The minimum Gasteiger partial charge on any atom is -0.494 e. The highest BCUT2D eigenvalue weighted by Gasteiger charge is 2.30. The number of nitrogen functional groups attached to an aromatic ring is 1. The van der Waals surface area contributed by atoms with Crippen LogP contribution in [0.5, 0.6) is 23.0 Å². The van der Waals surface area contributed by atoms with E-state index in [0.29, 0.717) is 22.9 Å². The summed E-state index contributed by atoms with van der Waals surface area (Å²) in [4.78, 5) is 0. The maximum absolute atomic E-state index is 12.0. The van der Waals surface area contributed by atoms with Gasteiger partial charge in [-0.15, -0.1) is 13.2 Å². The lowest BCUT2D eigenvalue weighted by Crippen LogP contribution is -2.16. The van der Waals surface area contributed by atoms with Crippen molar-refractivity contribution in [2.45, 2.75) is 6.36 Å². The Labute approximate surface area is 118 Å². The van der Waals surface area contributed by atoms with Gasteiger partial charge in [0.05, 0.1) is 12.8 Å². The van der Waals surface area contributed by atoms with E-state index in [1.165, 1.54) is 19.2 Å². The van der Waals surface area contributed by atoms with Crippen molar-refractivity contribution in [3.63, 3.8) is 0 Å². The monoisotopic (exact) mass is 299 g/mol. The van der Waals surface area contributed by atoms with E-state index in [-0.39, 0.29) is 5.75 Å². The second-order valence-electron chi connectivity index (χ2n) is 4.03. The SMILES string of the molecule is COc1cc(Oc2ccc(OC(F)(F)F)cc2)ccc1N. The molecule has 0 amide bonds. The summed E-state index contributed by atoms with van der Waals surface area (Å²) in [5.74, 6) is 0.941. The molecule has 112 valence electrons. The molecule has 2 aromatic carbocycles. The minimum absolute atomic E-state index is 0.315. The number of halogens is 3. The maximum Gasteiger partial charge on any atom is 0.573 e. The van der Waals surface area contributed by atoms with Gasteiger partial charge in [-0.3, -0.25) is 0 Å². The van der Waals surface area contributed by atoms with Crippen LogP contribution in [0.15, 0.2) is 42.5 Å². The van der Waals surface area contributed by atoms with Crippen molar-refractivity contribution in [1.29, 1.82) is 0 Å². The summed E-state index contributed by atoms with van der Waals surface area (Å²) in [7, 11) is 1.47. The van der Waals surface area contributed by atoms with Crippen LogP contribution in [0.3, 0.4) is 0 Å². The first-order valence-corrected chi connectivity index (χ1v) is 5.84. The molecular formula is C14H12F3NO3. The van der Waals surface area contributed by atoms with Gasteiger partial charge in [-0.2, -0.15) is 0 Å². The smallest absolute Gasteiger partial charge is 0.494 e. The fourth-order valence-electron chi connectivity index (χ4n) is 1.60. The Morgan fingerprint density at radius 2 is 1.48 bits per heavy atom. The van der Waals surface area contributed by atoms with Gasteiger partial charge in [-0.1, -0.05) is 0 Å². The fraction of sp³-hybridized carbons (Fsp3) is 0.143. The van der Waals surface area contributed by atoms with Gasteiger partial charge in [-0.25, -0.2) is 0 Å². The van der Waals surface area contributed by atoms with Crippen molar-refractivity contribution in [2.75, 3.05) is 12.8 Å². The Hall–Kier alpha value is -2.57. The summed E-state index contributed by atoms with van der Waals surface area (Å²) < 4.78 is 50.4. The van der Waals surface area contributed by atoms with E-state index in [2.05, 4.69) is 4.74 Å². The molecule has 7 heteroatoms. The molecule has 0 radical (unpaired) electrons. The van der Waals surface area contributed by atoms with Crippen LogP contribution >= 0.6 is 0 Å². The van der Waals surface area contributed by atoms with E-state index >= 15 is 0 Å². The van der Waals surface area contributed by atoms with E-state index in [1.807, 2.05) is 0 Å². The lowest BCUT2D eigenvalue weighted by molar-refractivity contribution is -0.274. The highest BCUT2D eigenvalue weighted by atomic mass is 19.4. The number of rotatable bonds is 4. The number of nitrogens with two attached hydrogens (primary N) is 1. The van der Waals surface area contributed by atoms with Crippen LogP contribution in [0, 0.1) is 0 Å². The second-order valence-corrected chi connectivity index (χ2v) is 4.03. The van der Waals surface area contributed by atoms with Crippen LogP contribution < -0.4 is 19.9 Å². The summed E-state index contributed by atoms with van der Waals surface area (Å²) in [6.45, 7) is 0. The Kier molecular flexibility index (Phi) is 4.11. The molecule has 0 fully saturated rings. The summed E-state index contributed by atoms with van der Waals surface area (Å²) >= 11 is 0. The Bertz CT molecular complexity index is 612. The van der Waals surface area contributed by atoms with Gasteiger partial charge >= 0.3 is 6.36 Å². The maximum atomic E-state index is 12.0. The average Bonchev–Trinajstić information content (AvgIpc) is 2.41. The van der Waals surface area contributed by atoms with Gasteiger partial charge in [-0.05, 0) is 36.4 Å². The van der Waals surface area contributed by atoms with Crippen molar-refractivity contribution >= 4 is 5.69 Å². The number of alkyl halides is 3. The third kappa shape index (κ3) is 4.20. The third-order valence-corrected chi connectivity index (χ3v) is 2.50. The Balaban J connectivity index is 2.10. The highest BCUT2D eigenvalue weighted by Crippen LogP contribution is 2.31. The van der Waals surface area contributed by atoms with Crippen molar-refractivity contribution in [1.82, 2.24) is 0 Å². The number of methoxy groups -OCH3 is 1. The van der Waals surface area contributed by atoms with Crippen molar-refractivity contribution in [3.05, 3.63) is 42.5 Å². The molecule has 0 spiro atoms. The summed E-state index contributed by atoms with van der Waals surface area (Å²) in [6, 6.07) is 9.87. The average molecular weight is 299 g/mol. The van der Waals surface area contributed by atoms with Gasteiger partial charge in [0.1, 0.15) is 23.0 Å². The third-order valence-electron chi connectivity index (χ3n) is 2.50. The first-order chi connectivity index (χ1) is 9.87. The molecule has 0 unspecified atom stereocenters. The van der Waals surface area contributed by atoms with E-state index in [9.17, 15) is 13.2 Å². The number of anilines is 1. The molecule has 21 heavy (non-hydrogen) atoms. The van der Waals surface area contributed by atoms with Crippen molar-refractivity contribution < 1.29 is 27.4 Å². The van der Waals surface area contributed by atoms with Gasteiger partial charge in [0.25, 0.3) is 0 Å².